The molecular weight excluding hydrogens is 433 g/mol. The van der Waals surface area contributed by atoms with Crippen LogP contribution in [0, 0.1) is 5.82 Å². The molecule has 32 heavy (non-hydrogen) atoms. The fraction of sp³-hybridized carbons (Fsp3) is 0.435. The maximum absolute atomic E-state index is 14.9. The molecule has 0 aliphatic carbocycles. The summed E-state index contributed by atoms with van der Waals surface area (Å²) in [6, 6.07) is 5.08. The monoisotopic (exact) mass is 461 g/mol. The first kappa shape index (κ1) is 22.7. The Morgan fingerprint density at radius 2 is 2.03 bits per heavy atom. The lowest BCUT2D eigenvalue weighted by Gasteiger charge is -2.33. The van der Waals surface area contributed by atoms with Gasteiger partial charge in [0, 0.05) is 55.2 Å². The predicted molar refractivity (Wildman–Crippen MR) is 124 cm³/mol. The minimum atomic E-state index is -1.06. The third-order valence-electron chi connectivity index (χ3n) is 5.68. The van der Waals surface area contributed by atoms with Gasteiger partial charge in [0.05, 0.1) is 37.4 Å². The maximum atomic E-state index is 14.9. The van der Waals surface area contributed by atoms with Gasteiger partial charge in [0.1, 0.15) is 11.4 Å². The van der Waals surface area contributed by atoms with Crippen LogP contribution in [-0.4, -0.2) is 47.7 Å². The Morgan fingerprint density at radius 1 is 1.25 bits per heavy atom. The molecular formula is C23H28FN3O4S. The third-order valence-corrected chi connectivity index (χ3v) is 6.66. The number of imidazole rings is 1. The number of aliphatic hydroxyl groups is 1. The molecule has 1 saturated heterocycles. The Morgan fingerprint density at radius 3 is 2.72 bits per heavy atom. The van der Waals surface area contributed by atoms with Gasteiger partial charge in [0.15, 0.2) is 11.6 Å². The van der Waals surface area contributed by atoms with Gasteiger partial charge < -0.3 is 24.0 Å². The first-order valence-corrected chi connectivity index (χ1v) is 11.6. The second-order valence-corrected chi connectivity index (χ2v) is 8.66. The molecule has 0 unspecified atom stereocenters. The molecule has 1 aliphatic heterocycles. The number of fused-ring (bicyclic) bond motifs is 1. The average molecular weight is 462 g/mol. The summed E-state index contributed by atoms with van der Waals surface area (Å²) in [7, 11) is 3.03. The largest absolute Gasteiger partial charge is 0.496 e. The van der Waals surface area contributed by atoms with Gasteiger partial charge in [-0.3, -0.25) is 4.40 Å². The molecule has 1 fully saturated rings. The van der Waals surface area contributed by atoms with Crippen LogP contribution >= 0.6 is 11.9 Å². The summed E-state index contributed by atoms with van der Waals surface area (Å²) in [5.41, 5.74) is 2.15. The van der Waals surface area contributed by atoms with Crippen LogP contribution in [0.3, 0.4) is 0 Å². The highest BCUT2D eigenvalue weighted by atomic mass is 32.2. The fourth-order valence-corrected chi connectivity index (χ4v) is 4.58. The van der Waals surface area contributed by atoms with Gasteiger partial charge in [-0.25, -0.2) is 9.37 Å². The van der Waals surface area contributed by atoms with Crippen molar-refractivity contribution in [2.75, 3.05) is 37.9 Å². The summed E-state index contributed by atoms with van der Waals surface area (Å²) in [6.45, 7) is 3.03. The van der Waals surface area contributed by atoms with E-state index < -0.39 is 11.4 Å². The molecule has 0 bridgehead atoms. The molecule has 172 valence electrons. The minimum Gasteiger partial charge on any atom is -0.496 e. The molecule has 9 heteroatoms. The Balaban J connectivity index is 1.82. The lowest BCUT2D eigenvalue weighted by atomic mass is 9.87. The van der Waals surface area contributed by atoms with E-state index in [1.807, 2.05) is 16.7 Å². The molecule has 0 radical (unpaired) electrons. The molecule has 0 amide bonds. The second-order valence-electron chi connectivity index (χ2n) is 7.76. The van der Waals surface area contributed by atoms with Gasteiger partial charge in [-0.2, -0.15) is 0 Å². The molecule has 0 spiro atoms. The Bertz CT molecular complexity index is 1100. The van der Waals surface area contributed by atoms with E-state index in [0.29, 0.717) is 60.0 Å². The summed E-state index contributed by atoms with van der Waals surface area (Å²) in [5, 5.41) is 11.3. The summed E-state index contributed by atoms with van der Waals surface area (Å²) in [5.74, 6) is 1.16. The molecule has 2 aromatic heterocycles. The zero-order valence-corrected chi connectivity index (χ0v) is 19.3. The summed E-state index contributed by atoms with van der Waals surface area (Å²) in [4.78, 5) is 4.49. The SMILES string of the molecule is CCCSNc1cc(-c2cnc3cc(OC)c(C4(O)CCOCC4)cn23)cc(F)c1OC. The number of methoxy groups -OCH3 is 2. The van der Waals surface area contributed by atoms with Crippen molar-refractivity contribution in [3.05, 3.63) is 42.0 Å². The number of anilines is 1. The number of aromatic nitrogens is 2. The number of nitrogens with one attached hydrogen (secondary N) is 1. The number of nitrogens with zero attached hydrogens (tertiary/aromatic N) is 2. The number of hydrogen-bond acceptors (Lipinski definition) is 7. The Hall–Kier alpha value is -2.49. The fourth-order valence-electron chi connectivity index (χ4n) is 3.97. The van der Waals surface area contributed by atoms with Crippen molar-refractivity contribution >= 4 is 23.3 Å². The molecule has 2 N–H and O–H groups in total. The average Bonchev–Trinajstić information content (AvgIpc) is 3.21. The van der Waals surface area contributed by atoms with Crippen molar-refractivity contribution in [3.63, 3.8) is 0 Å². The molecule has 1 aromatic carbocycles. The summed E-state index contributed by atoms with van der Waals surface area (Å²) in [6.07, 6.45) is 5.46. The maximum Gasteiger partial charge on any atom is 0.178 e. The van der Waals surface area contributed by atoms with Crippen LogP contribution in [0.25, 0.3) is 16.9 Å². The topological polar surface area (TPSA) is 77.3 Å². The van der Waals surface area contributed by atoms with E-state index in [1.165, 1.54) is 25.1 Å². The Kier molecular flexibility index (Phi) is 6.78. The van der Waals surface area contributed by atoms with Crippen molar-refractivity contribution in [3.8, 4) is 22.8 Å². The van der Waals surface area contributed by atoms with Gasteiger partial charge in [-0.05, 0) is 18.6 Å². The van der Waals surface area contributed by atoms with Crippen molar-refractivity contribution in [2.24, 2.45) is 0 Å². The summed E-state index contributed by atoms with van der Waals surface area (Å²) < 4.78 is 36.2. The number of hydrogen-bond donors (Lipinski definition) is 2. The van der Waals surface area contributed by atoms with E-state index in [1.54, 1.807) is 19.4 Å². The highest BCUT2D eigenvalue weighted by Crippen LogP contribution is 2.40. The quantitative estimate of drug-likeness (QED) is 0.374. The van der Waals surface area contributed by atoms with Gasteiger partial charge >= 0.3 is 0 Å². The van der Waals surface area contributed by atoms with E-state index >= 15 is 0 Å². The Labute approximate surface area is 191 Å². The van der Waals surface area contributed by atoms with E-state index in [9.17, 15) is 9.50 Å². The van der Waals surface area contributed by atoms with Crippen molar-refractivity contribution < 1.29 is 23.7 Å². The van der Waals surface area contributed by atoms with Gasteiger partial charge in [0.25, 0.3) is 0 Å². The molecule has 0 saturated carbocycles. The predicted octanol–water partition coefficient (Wildman–Crippen LogP) is 4.63. The standard InChI is InChI=1S/C23H28FN3O4S/c1-4-9-32-26-18-11-15(10-17(24)22(18)30-3)19-13-25-21-12-20(29-2)16(14-27(19)21)23(28)5-7-31-8-6-23/h10-14,26,28H,4-9H2,1-3H3. The van der Waals surface area contributed by atoms with Gasteiger partial charge in [-0.15, -0.1) is 0 Å². The number of benzene rings is 1. The van der Waals surface area contributed by atoms with Crippen LogP contribution in [0.5, 0.6) is 11.5 Å². The minimum absolute atomic E-state index is 0.171. The molecule has 3 heterocycles. The van der Waals surface area contributed by atoms with E-state index in [2.05, 4.69) is 16.6 Å². The molecule has 1 aliphatic rings. The molecule has 7 nitrogen and oxygen atoms in total. The van der Waals surface area contributed by atoms with Crippen LogP contribution in [0.1, 0.15) is 31.7 Å². The van der Waals surface area contributed by atoms with E-state index in [4.69, 9.17) is 14.2 Å². The zero-order valence-electron chi connectivity index (χ0n) is 18.5. The summed E-state index contributed by atoms with van der Waals surface area (Å²) >= 11 is 1.50. The highest BCUT2D eigenvalue weighted by molar-refractivity contribution is 8.00. The van der Waals surface area contributed by atoms with Gasteiger partial charge in [-0.1, -0.05) is 18.9 Å². The lowest BCUT2D eigenvalue weighted by molar-refractivity contribution is -0.0691. The smallest absolute Gasteiger partial charge is 0.178 e. The van der Waals surface area contributed by atoms with Crippen molar-refractivity contribution in [1.82, 2.24) is 9.38 Å². The molecule has 0 atom stereocenters. The van der Waals surface area contributed by atoms with Crippen LogP contribution < -0.4 is 14.2 Å². The first-order chi connectivity index (χ1) is 15.5. The number of rotatable bonds is 8. The van der Waals surface area contributed by atoms with Gasteiger partial charge in [0.2, 0.25) is 0 Å². The third kappa shape index (κ3) is 4.24. The van der Waals surface area contributed by atoms with E-state index in [0.717, 1.165) is 12.2 Å². The van der Waals surface area contributed by atoms with Crippen molar-refractivity contribution in [1.29, 1.82) is 0 Å². The first-order valence-electron chi connectivity index (χ1n) is 10.6. The number of halogens is 1. The van der Waals surface area contributed by atoms with Crippen LogP contribution in [-0.2, 0) is 10.3 Å². The van der Waals surface area contributed by atoms with Crippen LogP contribution in [0.2, 0.25) is 0 Å². The second kappa shape index (κ2) is 9.56. The normalized spacial score (nSPS) is 15.7. The molecule has 4 rings (SSSR count). The van der Waals surface area contributed by atoms with Crippen molar-refractivity contribution in [2.45, 2.75) is 31.8 Å². The lowest BCUT2D eigenvalue weighted by Crippen LogP contribution is -2.34. The zero-order chi connectivity index (χ0) is 22.7. The van der Waals surface area contributed by atoms with Crippen LogP contribution in [0.15, 0.2) is 30.6 Å². The van der Waals surface area contributed by atoms with E-state index in [-0.39, 0.29) is 5.75 Å². The number of ether oxygens (including phenoxy) is 3. The molecule has 3 aromatic rings. The van der Waals surface area contributed by atoms with Crippen LogP contribution in [0.4, 0.5) is 10.1 Å². The number of pyridine rings is 1. The highest BCUT2D eigenvalue weighted by Gasteiger charge is 2.35.